The zero-order chi connectivity index (χ0) is 14.0. The quantitative estimate of drug-likeness (QED) is 0.705. The molecule has 0 spiro atoms. The molecule has 1 aliphatic heterocycles. The molecule has 5 nitrogen and oxygen atoms in total. The molecule has 5 heteroatoms. The lowest BCUT2D eigenvalue weighted by Crippen LogP contribution is -2.51. The zero-order valence-corrected chi connectivity index (χ0v) is 11.0. The number of rotatable bonds is 2. The fourth-order valence-electron chi connectivity index (χ4n) is 2.72. The van der Waals surface area contributed by atoms with E-state index in [4.69, 9.17) is 5.73 Å². The minimum Gasteiger partial charge on any atom is -0.508 e. The third-order valence-electron chi connectivity index (χ3n) is 3.74. The number of hydrogen-bond donors (Lipinski definition) is 3. The highest BCUT2D eigenvalue weighted by molar-refractivity contribution is 5.97. The summed E-state index contributed by atoms with van der Waals surface area (Å²) in [5, 5.41) is 19.3. The maximum atomic E-state index is 12.6. The molecule has 1 heterocycles. The van der Waals surface area contributed by atoms with Crippen molar-refractivity contribution >= 4 is 5.91 Å². The molecule has 0 saturated carbocycles. The monoisotopic (exact) mass is 264 g/mol. The van der Waals surface area contributed by atoms with Gasteiger partial charge in [0.1, 0.15) is 11.5 Å². The number of carbonyl (C=O) groups is 1. The van der Waals surface area contributed by atoms with E-state index >= 15 is 0 Å². The van der Waals surface area contributed by atoms with Crippen LogP contribution in [0.2, 0.25) is 0 Å². The molecule has 1 saturated heterocycles. The van der Waals surface area contributed by atoms with E-state index in [1.54, 1.807) is 4.90 Å². The number of phenolic OH excluding ortho intramolecular Hbond substituents is 2. The van der Waals surface area contributed by atoms with Gasteiger partial charge in [-0.25, -0.2) is 0 Å². The van der Waals surface area contributed by atoms with E-state index in [1.165, 1.54) is 18.2 Å². The summed E-state index contributed by atoms with van der Waals surface area (Å²) in [5.74, 6) is -0.414. The molecule has 2 unspecified atom stereocenters. The lowest BCUT2D eigenvalue weighted by molar-refractivity contribution is 0.0491. The van der Waals surface area contributed by atoms with E-state index in [0.29, 0.717) is 6.54 Å². The van der Waals surface area contributed by atoms with Crippen LogP contribution in [0.15, 0.2) is 18.2 Å². The Bertz CT molecular complexity index is 476. The second kappa shape index (κ2) is 5.48. The Kier molecular flexibility index (Phi) is 3.95. The topological polar surface area (TPSA) is 86.8 Å². The molecule has 0 bridgehead atoms. The van der Waals surface area contributed by atoms with Crippen LogP contribution in [0.25, 0.3) is 0 Å². The average molecular weight is 264 g/mol. The van der Waals surface area contributed by atoms with Gasteiger partial charge in [0, 0.05) is 18.6 Å². The second-order valence-electron chi connectivity index (χ2n) is 5.08. The number of benzene rings is 1. The van der Waals surface area contributed by atoms with Crippen molar-refractivity contribution in [3.05, 3.63) is 23.8 Å². The van der Waals surface area contributed by atoms with Crippen molar-refractivity contribution in [3.63, 3.8) is 0 Å². The van der Waals surface area contributed by atoms with Gasteiger partial charge in [-0.05, 0) is 44.4 Å². The number of hydrogen-bond acceptors (Lipinski definition) is 4. The summed E-state index contributed by atoms with van der Waals surface area (Å²) in [6.07, 6.45) is 2.87. The van der Waals surface area contributed by atoms with Crippen LogP contribution < -0.4 is 5.73 Å². The fourth-order valence-corrected chi connectivity index (χ4v) is 2.72. The largest absolute Gasteiger partial charge is 0.508 e. The summed E-state index contributed by atoms with van der Waals surface area (Å²) in [7, 11) is 0. The Morgan fingerprint density at radius 3 is 2.84 bits per heavy atom. The predicted molar refractivity (Wildman–Crippen MR) is 72.1 cm³/mol. The van der Waals surface area contributed by atoms with Gasteiger partial charge < -0.3 is 20.8 Å². The first-order chi connectivity index (χ1) is 9.04. The summed E-state index contributed by atoms with van der Waals surface area (Å²) < 4.78 is 0. The normalized spacial score (nSPS) is 23.4. The molecule has 2 atom stereocenters. The Balaban J connectivity index is 2.33. The lowest BCUT2D eigenvalue weighted by atomic mass is 9.95. The Morgan fingerprint density at radius 2 is 2.16 bits per heavy atom. The third kappa shape index (κ3) is 2.66. The van der Waals surface area contributed by atoms with Crippen molar-refractivity contribution in [2.75, 3.05) is 6.54 Å². The number of carbonyl (C=O) groups excluding carboxylic acids is 1. The van der Waals surface area contributed by atoms with Crippen molar-refractivity contribution in [1.29, 1.82) is 0 Å². The van der Waals surface area contributed by atoms with Gasteiger partial charge in [0.05, 0.1) is 5.56 Å². The number of aromatic hydroxyl groups is 2. The molecule has 1 fully saturated rings. The van der Waals surface area contributed by atoms with Gasteiger partial charge in [0.25, 0.3) is 5.91 Å². The van der Waals surface area contributed by atoms with E-state index in [9.17, 15) is 15.0 Å². The van der Waals surface area contributed by atoms with Crippen LogP contribution in [0.5, 0.6) is 11.5 Å². The standard InChI is InChI=1S/C14H20N2O3/c1-9-3-2-4-10(8-15)16(9)14(19)12-7-11(17)5-6-13(12)18/h5-7,9-10,17-18H,2-4,8,15H2,1H3. The van der Waals surface area contributed by atoms with E-state index < -0.39 is 0 Å². The highest BCUT2D eigenvalue weighted by Crippen LogP contribution is 2.29. The van der Waals surface area contributed by atoms with Crippen LogP contribution >= 0.6 is 0 Å². The van der Waals surface area contributed by atoms with Gasteiger partial charge in [-0.1, -0.05) is 0 Å². The first-order valence-electron chi connectivity index (χ1n) is 6.59. The van der Waals surface area contributed by atoms with Crippen molar-refractivity contribution in [3.8, 4) is 11.5 Å². The van der Waals surface area contributed by atoms with Gasteiger partial charge in [-0.15, -0.1) is 0 Å². The molecule has 4 N–H and O–H groups in total. The lowest BCUT2D eigenvalue weighted by Gasteiger charge is -2.40. The average Bonchev–Trinajstić information content (AvgIpc) is 2.40. The van der Waals surface area contributed by atoms with Crippen molar-refractivity contribution < 1.29 is 15.0 Å². The van der Waals surface area contributed by atoms with Gasteiger partial charge in [-0.3, -0.25) is 4.79 Å². The number of nitrogens with zero attached hydrogens (tertiary/aromatic N) is 1. The van der Waals surface area contributed by atoms with Crippen LogP contribution in [-0.2, 0) is 0 Å². The number of nitrogens with two attached hydrogens (primary N) is 1. The summed E-state index contributed by atoms with van der Waals surface area (Å²) in [5.41, 5.74) is 5.87. The van der Waals surface area contributed by atoms with Crippen LogP contribution in [0.1, 0.15) is 36.5 Å². The second-order valence-corrected chi connectivity index (χ2v) is 5.08. The van der Waals surface area contributed by atoms with Crippen LogP contribution in [0.4, 0.5) is 0 Å². The SMILES string of the molecule is CC1CCCC(CN)N1C(=O)c1cc(O)ccc1O. The van der Waals surface area contributed by atoms with E-state index in [-0.39, 0.29) is 35.1 Å². The molecule has 19 heavy (non-hydrogen) atoms. The first kappa shape index (κ1) is 13.7. The molecular formula is C14H20N2O3. The maximum Gasteiger partial charge on any atom is 0.258 e. The molecule has 2 rings (SSSR count). The number of amides is 1. The highest BCUT2D eigenvalue weighted by atomic mass is 16.3. The number of likely N-dealkylation sites (tertiary alicyclic amines) is 1. The van der Waals surface area contributed by atoms with E-state index in [1.807, 2.05) is 6.92 Å². The highest BCUT2D eigenvalue weighted by Gasteiger charge is 2.32. The Hall–Kier alpha value is -1.75. The van der Waals surface area contributed by atoms with Crippen LogP contribution in [0, 0.1) is 0 Å². The summed E-state index contributed by atoms with van der Waals surface area (Å²) in [4.78, 5) is 14.3. The van der Waals surface area contributed by atoms with Crippen molar-refractivity contribution in [2.24, 2.45) is 5.73 Å². The smallest absolute Gasteiger partial charge is 0.258 e. The minimum absolute atomic E-state index is 0.00185. The number of piperidine rings is 1. The molecule has 0 aliphatic carbocycles. The Labute approximate surface area is 112 Å². The van der Waals surface area contributed by atoms with Gasteiger partial charge in [0.2, 0.25) is 0 Å². The molecule has 1 aromatic carbocycles. The summed E-state index contributed by atoms with van der Waals surface area (Å²) >= 11 is 0. The number of phenols is 2. The summed E-state index contributed by atoms with van der Waals surface area (Å²) in [6, 6.07) is 4.07. The van der Waals surface area contributed by atoms with Crippen LogP contribution in [-0.4, -0.2) is 39.6 Å². The molecule has 0 radical (unpaired) electrons. The first-order valence-corrected chi connectivity index (χ1v) is 6.59. The molecule has 1 aromatic rings. The Morgan fingerprint density at radius 1 is 1.42 bits per heavy atom. The maximum absolute atomic E-state index is 12.6. The zero-order valence-electron chi connectivity index (χ0n) is 11.0. The van der Waals surface area contributed by atoms with E-state index in [2.05, 4.69) is 0 Å². The predicted octanol–water partition coefficient (Wildman–Crippen LogP) is 1.44. The van der Waals surface area contributed by atoms with Crippen molar-refractivity contribution in [2.45, 2.75) is 38.3 Å². The third-order valence-corrected chi connectivity index (χ3v) is 3.74. The van der Waals surface area contributed by atoms with Gasteiger partial charge in [0.15, 0.2) is 0 Å². The molecule has 1 aliphatic rings. The molecule has 104 valence electrons. The minimum atomic E-state index is -0.268. The van der Waals surface area contributed by atoms with Crippen molar-refractivity contribution in [1.82, 2.24) is 4.90 Å². The molecule has 0 aromatic heterocycles. The van der Waals surface area contributed by atoms with Gasteiger partial charge in [-0.2, -0.15) is 0 Å². The van der Waals surface area contributed by atoms with Gasteiger partial charge >= 0.3 is 0 Å². The summed E-state index contributed by atoms with van der Waals surface area (Å²) in [6.45, 7) is 2.40. The molecule has 1 amide bonds. The fraction of sp³-hybridized carbons (Fsp3) is 0.500. The molecular weight excluding hydrogens is 244 g/mol. The van der Waals surface area contributed by atoms with Crippen LogP contribution in [0.3, 0.4) is 0 Å². The van der Waals surface area contributed by atoms with E-state index in [0.717, 1.165) is 19.3 Å².